The lowest BCUT2D eigenvalue weighted by Crippen LogP contribution is -2.21. The number of fused-ring (bicyclic) bond motifs is 1. The maximum Gasteiger partial charge on any atom is 0.295 e. The number of aromatic nitrogens is 3. The number of halogens is 2. The van der Waals surface area contributed by atoms with E-state index in [2.05, 4.69) is 20.5 Å². The van der Waals surface area contributed by atoms with E-state index in [1.165, 1.54) is 4.68 Å². The zero-order chi connectivity index (χ0) is 22.3. The number of anilines is 1. The number of thiocarbonyl (C=S) groups is 1. The van der Waals surface area contributed by atoms with E-state index in [-0.39, 0.29) is 27.9 Å². The van der Waals surface area contributed by atoms with E-state index in [9.17, 15) is 9.90 Å². The van der Waals surface area contributed by atoms with Crippen molar-refractivity contribution < 1.29 is 5.11 Å². The molecule has 2 heterocycles. The van der Waals surface area contributed by atoms with Gasteiger partial charge in [-0.1, -0.05) is 41.4 Å². The molecule has 0 aliphatic rings. The van der Waals surface area contributed by atoms with Crippen molar-refractivity contribution in [2.24, 2.45) is 17.3 Å². The Morgan fingerprint density at radius 2 is 1.94 bits per heavy atom. The summed E-state index contributed by atoms with van der Waals surface area (Å²) in [5, 5.41) is 22.1. The standard InChI is InChI=1S/C20H16Cl2N6O2S/c1-10-15(19(30)28(27(10)2)12-6-4-3-5-7-12)24-20(31)26-25-17-13-8-11(21)9-14(22)16(13)23-18(17)29/h3-9,23,29H,1-2H3,(H,24,31). The Balaban J connectivity index is 1.65. The number of nitrogens with one attached hydrogen (secondary N) is 2. The summed E-state index contributed by atoms with van der Waals surface area (Å²) < 4.78 is 3.24. The van der Waals surface area contributed by atoms with Crippen LogP contribution < -0.4 is 10.9 Å². The number of aromatic amines is 1. The van der Waals surface area contributed by atoms with Crippen LogP contribution in [-0.2, 0) is 7.05 Å². The van der Waals surface area contributed by atoms with Crippen LogP contribution in [0.2, 0.25) is 10.0 Å². The fraction of sp³-hybridized carbons (Fsp3) is 0.100. The van der Waals surface area contributed by atoms with Crippen molar-refractivity contribution in [2.45, 2.75) is 6.92 Å². The summed E-state index contributed by atoms with van der Waals surface area (Å²) in [5.74, 6) is -0.229. The molecular weight excluding hydrogens is 459 g/mol. The third-order valence-electron chi connectivity index (χ3n) is 4.80. The summed E-state index contributed by atoms with van der Waals surface area (Å²) in [6.07, 6.45) is 0. The highest BCUT2D eigenvalue weighted by atomic mass is 35.5. The molecule has 158 valence electrons. The van der Waals surface area contributed by atoms with E-state index in [4.69, 9.17) is 35.4 Å². The number of benzene rings is 2. The van der Waals surface area contributed by atoms with Gasteiger partial charge in [0, 0.05) is 17.5 Å². The van der Waals surface area contributed by atoms with E-state index >= 15 is 0 Å². The summed E-state index contributed by atoms with van der Waals surface area (Å²) in [4.78, 5) is 15.7. The molecule has 0 fully saturated rings. The van der Waals surface area contributed by atoms with Crippen LogP contribution in [-0.4, -0.2) is 24.6 Å². The smallest absolute Gasteiger partial charge is 0.295 e. The van der Waals surface area contributed by atoms with Crippen LogP contribution in [0, 0.1) is 6.92 Å². The minimum Gasteiger partial charge on any atom is -0.493 e. The average Bonchev–Trinajstić information content (AvgIpc) is 3.15. The number of aromatic hydroxyl groups is 1. The van der Waals surface area contributed by atoms with Gasteiger partial charge < -0.3 is 15.4 Å². The normalized spacial score (nSPS) is 11.5. The molecule has 0 aliphatic carbocycles. The van der Waals surface area contributed by atoms with Gasteiger partial charge in [-0.25, -0.2) is 4.68 Å². The van der Waals surface area contributed by atoms with E-state index in [0.717, 1.165) is 5.69 Å². The Morgan fingerprint density at radius 3 is 2.65 bits per heavy atom. The molecule has 2 aromatic carbocycles. The highest BCUT2D eigenvalue weighted by molar-refractivity contribution is 7.80. The SMILES string of the molecule is Cc1c(NC(=S)N=Nc2c(O)[nH]c3c(Cl)cc(Cl)cc23)c(=O)n(-c2ccccc2)n1C. The van der Waals surface area contributed by atoms with Gasteiger partial charge in [0.2, 0.25) is 11.0 Å². The number of rotatable bonds is 3. The van der Waals surface area contributed by atoms with Gasteiger partial charge in [0.15, 0.2) is 5.69 Å². The molecule has 0 bridgehead atoms. The molecule has 0 spiro atoms. The first kappa shape index (κ1) is 21.1. The Kier molecular flexibility index (Phi) is 5.57. The molecule has 0 amide bonds. The molecule has 2 aromatic heterocycles. The predicted octanol–water partition coefficient (Wildman–Crippen LogP) is 5.46. The van der Waals surface area contributed by atoms with Gasteiger partial charge in [-0.05, 0) is 43.4 Å². The second-order valence-electron chi connectivity index (χ2n) is 6.70. The number of hydrogen-bond acceptors (Lipinski definition) is 4. The lowest BCUT2D eigenvalue weighted by atomic mass is 10.2. The van der Waals surface area contributed by atoms with E-state index in [1.54, 1.807) is 30.8 Å². The Morgan fingerprint density at radius 1 is 1.23 bits per heavy atom. The lowest BCUT2D eigenvalue weighted by Gasteiger charge is -2.07. The van der Waals surface area contributed by atoms with Gasteiger partial charge in [-0.3, -0.25) is 9.48 Å². The van der Waals surface area contributed by atoms with Crippen LogP contribution in [0.1, 0.15) is 5.69 Å². The summed E-state index contributed by atoms with van der Waals surface area (Å²) in [7, 11) is 1.77. The van der Waals surface area contributed by atoms with Gasteiger partial charge >= 0.3 is 0 Å². The van der Waals surface area contributed by atoms with Crippen LogP contribution in [0.5, 0.6) is 5.88 Å². The van der Waals surface area contributed by atoms with Gasteiger partial charge in [0.05, 0.1) is 21.9 Å². The minimum absolute atomic E-state index is 0.0483. The first-order valence-electron chi connectivity index (χ1n) is 9.04. The minimum atomic E-state index is -0.280. The summed E-state index contributed by atoms with van der Waals surface area (Å²) in [6.45, 7) is 1.79. The average molecular weight is 475 g/mol. The van der Waals surface area contributed by atoms with Crippen molar-refractivity contribution in [1.82, 2.24) is 14.3 Å². The van der Waals surface area contributed by atoms with Crippen LogP contribution in [0.4, 0.5) is 11.4 Å². The van der Waals surface area contributed by atoms with Crippen molar-refractivity contribution in [3.05, 3.63) is 68.6 Å². The first-order chi connectivity index (χ1) is 14.8. The molecule has 11 heteroatoms. The van der Waals surface area contributed by atoms with Crippen molar-refractivity contribution in [3.8, 4) is 11.6 Å². The monoisotopic (exact) mass is 474 g/mol. The molecule has 0 saturated heterocycles. The van der Waals surface area contributed by atoms with Gasteiger partial charge in [0.1, 0.15) is 5.69 Å². The molecule has 31 heavy (non-hydrogen) atoms. The number of hydrogen-bond donors (Lipinski definition) is 3. The van der Waals surface area contributed by atoms with Crippen molar-refractivity contribution >= 4 is 62.8 Å². The fourth-order valence-corrected chi connectivity index (χ4v) is 3.92. The molecule has 0 saturated carbocycles. The fourth-order valence-electron chi connectivity index (χ4n) is 3.23. The second kappa shape index (κ2) is 8.18. The van der Waals surface area contributed by atoms with Crippen LogP contribution >= 0.6 is 35.4 Å². The third kappa shape index (κ3) is 3.83. The maximum absolute atomic E-state index is 13.0. The van der Waals surface area contributed by atoms with Crippen molar-refractivity contribution in [1.29, 1.82) is 0 Å². The molecule has 8 nitrogen and oxygen atoms in total. The highest BCUT2D eigenvalue weighted by Crippen LogP contribution is 2.40. The van der Waals surface area contributed by atoms with Gasteiger partial charge in [0.25, 0.3) is 5.56 Å². The third-order valence-corrected chi connectivity index (χ3v) is 5.50. The molecule has 0 aliphatic heterocycles. The summed E-state index contributed by atoms with van der Waals surface area (Å²) in [6, 6.07) is 12.4. The van der Waals surface area contributed by atoms with Crippen LogP contribution in [0.15, 0.2) is 57.5 Å². The number of nitrogens with zero attached hydrogens (tertiary/aromatic N) is 4. The molecule has 0 atom stereocenters. The second-order valence-corrected chi connectivity index (χ2v) is 7.93. The Bertz CT molecular complexity index is 1410. The van der Waals surface area contributed by atoms with E-state index in [1.807, 2.05) is 30.3 Å². The zero-order valence-corrected chi connectivity index (χ0v) is 18.7. The lowest BCUT2D eigenvalue weighted by molar-refractivity contribution is 0.459. The largest absolute Gasteiger partial charge is 0.493 e. The van der Waals surface area contributed by atoms with Crippen molar-refractivity contribution in [3.63, 3.8) is 0 Å². The van der Waals surface area contributed by atoms with Crippen molar-refractivity contribution in [2.75, 3.05) is 5.32 Å². The quantitative estimate of drug-likeness (QED) is 0.271. The molecule has 3 N–H and O–H groups in total. The number of H-pyrrole nitrogens is 1. The molecular formula is C20H16Cl2N6O2S. The molecule has 4 rings (SSSR count). The Labute approximate surface area is 191 Å². The first-order valence-corrected chi connectivity index (χ1v) is 10.2. The summed E-state index contributed by atoms with van der Waals surface area (Å²) >= 11 is 17.4. The topological polar surface area (TPSA) is 99.7 Å². The zero-order valence-electron chi connectivity index (χ0n) is 16.3. The molecule has 0 radical (unpaired) electrons. The van der Waals surface area contributed by atoms with Crippen LogP contribution in [0.3, 0.4) is 0 Å². The summed E-state index contributed by atoms with van der Waals surface area (Å²) in [5.41, 5.74) is 1.99. The van der Waals surface area contributed by atoms with E-state index in [0.29, 0.717) is 26.6 Å². The highest BCUT2D eigenvalue weighted by Gasteiger charge is 2.18. The predicted molar refractivity (Wildman–Crippen MR) is 126 cm³/mol. The number of azo groups is 1. The van der Waals surface area contributed by atoms with Gasteiger partial charge in [-0.15, -0.1) is 10.2 Å². The maximum atomic E-state index is 13.0. The Hall–Kier alpha value is -3.14. The number of para-hydroxylation sites is 1. The molecule has 4 aromatic rings. The van der Waals surface area contributed by atoms with Gasteiger partial charge in [-0.2, -0.15) is 0 Å². The van der Waals surface area contributed by atoms with Crippen LogP contribution in [0.25, 0.3) is 16.6 Å². The molecule has 0 unspecified atom stereocenters. The van der Waals surface area contributed by atoms with E-state index < -0.39 is 0 Å².